The molecule has 0 aliphatic rings. The number of hydrogen-bond donors (Lipinski definition) is 0. The van der Waals surface area contributed by atoms with Crippen molar-refractivity contribution in [3.05, 3.63) is 58.7 Å². The Labute approximate surface area is 115 Å². The van der Waals surface area contributed by atoms with Gasteiger partial charge in [-0.15, -0.1) is 0 Å². The van der Waals surface area contributed by atoms with E-state index in [2.05, 4.69) is 64.1 Å². The molecule has 0 aliphatic carbocycles. The molecule has 89 valence electrons. The summed E-state index contributed by atoms with van der Waals surface area (Å²) in [5, 5.41) is 0. The quantitative estimate of drug-likeness (QED) is 0.662. The molecule has 0 saturated carbocycles. The van der Waals surface area contributed by atoms with E-state index in [1.165, 1.54) is 33.4 Å². The zero-order valence-electron chi connectivity index (χ0n) is 10.8. The Morgan fingerprint density at radius 2 is 1.29 bits per heavy atom. The summed E-state index contributed by atoms with van der Waals surface area (Å²) in [4.78, 5) is 0. The number of aryl methyl sites for hydroxylation is 1. The summed E-state index contributed by atoms with van der Waals surface area (Å²) in [7, 11) is 0. The van der Waals surface area contributed by atoms with Crippen molar-refractivity contribution >= 4 is 0 Å². The third kappa shape index (κ3) is 2.62. The van der Waals surface area contributed by atoms with E-state index >= 15 is 0 Å². The van der Waals surface area contributed by atoms with Crippen LogP contribution in [-0.4, -0.2) is 0 Å². The summed E-state index contributed by atoms with van der Waals surface area (Å²) < 4.78 is 0. The molecule has 0 heterocycles. The van der Waals surface area contributed by atoms with E-state index in [0.29, 0.717) is 0 Å². The molecule has 0 saturated heterocycles. The van der Waals surface area contributed by atoms with Crippen molar-refractivity contribution in [2.75, 3.05) is 0 Å². The van der Waals surface area contributed by atoms with Crippen LogP contribution in [-0.2, 0) is 17.1 Å². The van der Waals surface area contributed by atoms with Gasteiger partial charge in [-0.2, -0.15) is 0 Å². The maximum absolute atomic E-state index is 2.30. The van der Waals surface area contributed by atoms with Crippen LogP contribution >= 0.6 is 0 Å². The fourth-order valence-corrected chi connectivity index (χ4v) is 2.13. The number of benzene rings is 2. The molecule has 2 aromatic rings. The van der Waals surface area contributed by atoms with E-state index in [0.717, 1.165) is 0 Å². The van der Waals surface area contributed by atoms with Gasteiger partial charge in [-0.25, -0.2) is 0 Å². The molecule has 0 bridgehead atoms. The zero-order chi connectivity index (χ0) is 11.7. The summed E-state index contributed by atoms with van der Waals surface area (Å²) in [6.45, 7) is 8.81. The normalized spacial score (nSPS) is 9.88. The molecule has 0 atom stereocenters. The third-order valence-corrected chi connectivity index (χ3v) is 3.57. The van der Waals surface area contributed by atoms with Crippen molar-refractivity contribution in [1.29, 1.82) is 0 Å². The van der Waals surface area contributed by atoms with Crippen LogP contribution in [0.5, 0.6) is 0 Å². The maximum atomic E-state index is 2.30. The minimum Gasteiger partial charge on any atom is -0.0622 e. The minimum atomic E-state index is 0. The molecule has 2 rings (SSSR count). The second-order valence-corrected chi connectivity index (χ2v) is 4.48. The first-order valence-corrected chi connectivity index (χ1v) is 5.74. The fraction of sp³-hybridized carbons (Fsp3) is 0.250. The van der Waals surface area contributed by atoms with Gasteiger partial charge in [-0.1, -0.05) is 36.4 Å². The van der Waals surface area contributed by atoms with Crippen molar-refractivity contribution < 1.29 is 17.1 Å². The molecule has 0 fully saturated rings. The summed E-state index contributed by atoms with van der Waals surface area (Å²) in [6.07, 6.45) is 0. The Morgan fingerprint density at radius 3 is 1.88 bits per heavy atom. The van der Waals surface area contributed by atoms with E-state index in [9.17, 15) is 0 Å². The molecule has 0 N–H and O–H groups in total. The SMILES string of the molecule is Cc1cc(-c2ccccc2)c(C)c(C)c1C.[Mn]. The van der Waals surface area contributed by atoms with Crippen LogP contribution in [0.4, 0.5) is 0 Å². The molecule has 1 heteroatoms. The topological polar surface area (TPSA) is 0 Å². The summed E-state index contributed by atoms with van der Waals surface area (Å²) in [5.41, 5.74) is 8.28. The molecule has 0 unspecified atom stereocenters. The molecule has 0 aliphatic heterocycles. The van der Waals surface area contributed by atoms with Gasteiger partial charge in [0.15, 0.2) is 0 Å². The number of hydrogen-bond acceptors (Lipinski definition) is 0. The van der Waals surface area contributed by atoms with Crippen LogP contribution in [0.3, 0.4) is 0 Å². The molecule has 0 nitrogen and oxygen atoms in total. The van der Waals surface area contributed by atoms with E-state index in [1.54, 1.807) is 0 Å². The molecular formula is C16H18Mn. The van der Waals surface area contributed by atoms with Gasteiger partial charge in [0.25, 0.3) is 0 Å². The van der Waals surface area contributed by atoms with E-state index < -0.39 is 0 Å². The van der Waals surface area contributed by atoms with Gasteiger partial charge in [-0.05, 0) is 61.1 Å². The van der Waals surface area contributed by atoms with Gasteiger partial charge in [0.1, 0.15) is 0 Å². The first-order chi connectivity index (χ1) is 7.61. The Morgan fingerprint density at radius 1 is 0.706 bits per heavy atom. The van der Waals surface area contributed by atoms with Gasteiger partial charge < -0.3 is 0 Å². The summed E-state index contributed by atoms with van der Waals surface area (Å²) >= 11 is 0. The summed E-state index contributed by atoms with van der Waals surface area (Å²) in [5.74, 6) is 0. The van der Waals surface area contributed by atoms with Crippen LogP contribution in [0.15, 0.2) is 36.4 Å². The Hall–Kier alpha value is -1.04. The minimum absolute atomic E-state index is 0. The van der Waals surface area contributed by atoms with Crippen LogP contribution in [0, 0.1) is 27.7 Å². The van der Waals surface area contributed by atoms with Gasteiger partial charge in [0.2, 0.25) is 0 Å². The second kappa shape index (κ2) is 5.53. The van der Waals surface area contributed by atoms with Crippen molar-refractivity contribution in [1.82, 2.24) is 0 Å². The fourth-order valence-electron chi connectivity index (χ4n) is 2.13. The monoisotopic (exact) mass is 265 g/mol. The Bertz CT molecular complexity index is 513. The molecule has 17 heavy (non-hydrogen) atoms. The van der Waals surface area contributed by atoms with Crippen molar-refractivity contribution in [2.24, 2.45) is 0 Å². The van der Waals surface area contributed by atoms with Crippen LogP contribution in [0.25, 0.3) is 11.1 Å². The van der Waals surface area contributed by atoms with E-state index in [1.807, 2.05) is 0 Å². The van der Waals surface area contributed by atoms with E-state index in [-0.39, 0.29) is 17.1 Å². The molecule has 1 radical (unpaired) electrons. The first kappa shape index (κ1) is 14.0. The van der Waals surface area contributed by atoms with Gasteiger partial charge >= 0.3 is 0 Å². The smallest absolute Gasteiger partial charge is 0 e. The van der Waals surface area contributed by atoms with Gasteiger partial charge in [-0.3, -0.25) is 0 Å². The average Bonchev–Trinajstić information content (AvgIpc) is 2.32. The second-order valence-electron chi connectivity index (χ2n) is 4.48. The van der Waals surface area contributed by atoms with Gasteiger partial charge in [0.05, 0.1) is 0 Å². The molecule has 0 spiro atoms. The molecule has 0 aromatic heterocycles. The van der Waals surface area contributed by atoms with Crippen LogP contribution < -0.4 is 0 Å². The molecule has 2 aromatic carbocycles. The Balaban J connectivity index is 0.00000144. The van der Waals surface area contributed by atoms with Crippen LogP contribution in [0.1, 0.15) is 22.3 Å². The third-order valence-electron chi connectivity index (χ3n) is 3.57. The van der Waals surface area contributed by atoms with E-state index in [4.69, 9.17) is 0 Å². The Kier molecular flexibility index (Phi) is 4.56. The first-order valence-electron chi connectivity index (χ1n) is 5.74. The summed E-state index contributed by atoms with van der Waals surface area (Å²) in [6, 6.07) is 12.9. The molecule has 0 amide bonds. The number of rotatable bonds is 1. The van der Waals surface area contributed by atoms with Crippen molar-refractivity contribution in [3.8, 4) is 11.1 Å². The van der Waals surface area contributed by atoms with Gasteiger partial charge in [0, 0.05) is 17.1 Å². The standard InChI is InChI=1S/C16H18.Mn/c1-11-10-16(14(4)13(3)12(11)2)15-8-6-5-7-9-15;/h5-10H,1-4H3;. The molecular weight excluding hydrogens is 247 g/mol. The van der Waals surface area contributed by atoms with Crippen LogP contribution in [0.2, 0.25) is 0 Å². The van der Waals surface area contributed by atoms with Crippen molar-refractivity contribution in [3.63, 3.8) is 0 Å². The average molecular weight is 265 g/mol. The zero-order valence-corrected chi connectivity index (χ0v) is 12.0. The predicted octanol–water partition coefficient (Wildman–Crippen LogP) is 4.58. The maximum Gasteiger partial charge on any atom is 0 e. The predicted molar refractivity (Wildman–Crippen MR) is 70.8 cm³/mol. The van der Waals surface area contributed by atoms with Crippen molar-refractivity contribution in [2.45, 2.75) is 27.7 Å². The largest absolute Gasteiger partial charge is 0.0622 e.